The van der Waals surface area contributed by atoms with Crippen LogP contribution in [0.2, 0.25) is 5.02 Å². The van der Waals surface area contributed by atoms with Crippen molar-refractivity contribution < 1.29 is 14.3 Å². The Balaban J connectivity index is 1.73. The molecule has 2 aromatic rings. The summed E-state index contributed by atoms with van der Waals surface area (Å²) in [5.74, 6) is 0.878. The molecule has 0 saturated heterocycles. The van der Waals surface area contributed by atoms with Gasteiger partial charge in [-0.25, -0.2) is 5.43 Å². The lowest BCUT2D eigenvalue weighted by atomic mass is 10.2. The van der Waals surface area contributed by atoms with Gasteiger partial charge in [-0.2, -0.15) is 5.10 Å². The quantitative estimate of drug-likeness (QED) is 0.653. The molecule has 0 aromatic heterocycles. The number of hydrogen-bond acceptors (Lipinski definition) is 4. The zero-order chi connectivity index (χ0) is 15.5. The van der Waals surface area contributed by atoms with E-state index in [1.54, 1.807) is 30.3 Å². The van der Waals surface area contributed by atoms with E-state index >= 15 is 0 Å². The second kappa shape index (κ2) is 6.37. The summed E-state index contributed by atoms with van der Waals surface area (Å²) in [6.45, 7) is 0.172. The second-order valence-corrected chi connectivity index (χ2v) is 5.67. The number of benzene rings is 2. The lowest BCUT2D eigenvalue weighted by Crippen LogP contribution is -2.18. The van der Waals surface area contributed by atoms with Crippen LogP contribution in [-0.4, -0.2) is 18.9 Å². The van der Waals surface area contributed by atoms with Gasteiger partial charge in [0.1, 0.15) is 0 Å². The third kappa shape index (κ3) is 3.08. The Morgan fingerprint density at radius 3 is 2.77 bits per heavy atom. The Bertz CT molecular complexity index is 764. The first kappa shape index (κ1) is 14.9. The summed E-state index contributed by atoms with van der Waals surface area (Å²) in [5, 5.41) is 4.38. The van der Waals surface area contributed by atoms with Crippen molar-refractivity contribution in [1.82, 2.24) is 5.43 Å². The lowest BCUT2D eigenvalue weighted by molar-refractivity contribution is 0.0954. The molecule has 1 aliphatic heterocycles. The number of amides is 1. The minimum Gasteiger partial charge on any atom is -0.454 e. The van der Waals surface area contributed by atoms with Gasteiger partial charge in [-0.15, -0.1) is 0 Å². The van der Waals surface area contributed by atoms with E-state index < -0.39 is 0 Å². The first-order valence-electron chi connectivity index (χ1n) is 6.32. The van der Waals surface area contributed by atoms with E-state index in [0.29, 0.717) is 32.1 Å². The third-order valence-corrected chi connectivity index (χ3v) is 4.00. The van der Waals surface area contributed by atoms with Crippen LogP contribution in [0.5, 0.6) is 11.5 Å². The number of nitrogens with one attached hydrogen (secondary N) is 1. The van der Waals surface area contributed by atoms with Crippen LogP contribution in [0, 0.1) is 0 Å². The van der Waals surface area contributed by atoms with E-state index in [1.807, 2.05) is 6.07 Å². The highest BCUT2D eigenvalue weighted by molar-refractivity contribution is 9.10. The molecule has 0 aliphatic carbocycles. The molecule has 112 valence electrons. The minimum atomic E-state index is -0.319. The fourth-order valence-electron chi connectivity index (χ4n) is 1.90. The van der Waals surface area contributed by atoms with Crippen molar-refractivity contribution in [1.29, 1.82) is 0 Å². The van der Waals surface area contributed by atoms with E-state index in [2.05, 4.69) is 26.5 Å². The smallest absolute Gasteiger partial charge is 0.272 e. The van der Waals surface area contributed by atoms with E-state index in [9.17, 15) is 4.79 Å². The zero-order valence-electron chi connectivity index (χ0n) is 11.2. The molecule has 0 unspecified atom stereocenters. The molecular weight excluding hydrogens is 372 g/mol. The fourth-order valence-corrected chi connectivity index (χ4v) is 2.57. The molecule has 0 fully saturated rings. The van der Waals surface area contributed by atoms with Gasteiger partial charge in [0.15, 0.2) is 11.5 Å². The molecule has 22 heavy (non-hydrogen) atoms. The van der Waals surface area contributed by atoms with Gasteiger partial charge < -0.3 is 9.47 Å². The Hall–Kier alpha value is -2.05. The van der Waals surface area contributed by atoms with Crippen LogP contribution in [0.4, 0.5) is 0 Å². The standard InChI is InChI=1S/C15H10BrClN2O3/c16-11-4-2-1-3-10(11)15(20)19-18-7-9-5-13-14(6-12(9)17)22-8-21-13/h1-7H,8H2,(H,19,20)/b18-7+. The first-order chi connectivity index (χ1) is 10.6. The van der Waals surface area contributed by atoms with Crippen molar-refractivity contribution in [2.45, 2.75) is 0 Å². The molecule has 0 radical (unpaired) electrons. The molecule has 1 amide bonds. The van der Waals surface area contributed by atoms with Gasteiger partial charge in [-0.3, -0.25) is 4.79 Å². The molecule has 0 spiro atoms. The lowest BCUT2D eigenvalue weighted by Gasteiger charge is -2.03. The maximum Gasteiger partial charge on any atom is 0.272 e. The molecule has 5 nitrogen and oxygen atoms in total. The topological polar surface area (TPSA) is 59.9 Å². The molecule has 0 atom stereocenters. The van der Waals surface area contributed by atoms with E-state index in [1.165, 1.54) is 6.21 Å². The average Bonchev–Trinajstić information content (AvgIpc) is 2.94. The van der Waals surface area contributed by atoms with Crippen molar-refractivity contribution >= 4 is 39.7 Å². The van der Waals surface area contributed by atoms with E-state index in [-0.39, 0.29) is 12.7 Å². The van der Waals surface area contributed by atoms with Crippen molar-refractivity contribution in [3.05, 3.63) is 57.0 Å². The normalized spacial score (nSPS) is 12.6. The molecule has 1 N–H and O–H groups in total. The summed E-state index contributed by atoms with van der Waals surface area (Å²) >= 11 is 9.43. The highest BCUT2D eigenvalue weighted by atomic mass is 79.9. The molecule has 1 aliphatic rings. The second-order valence-electron chi connectivity index (χ2n) is 4.41. The largest absolute Gasteiger partial charge is 0.454 e. The molecule has 3 rings (SSSR count). The molecule has 1 heterocycles. The number of halogens is 2. The molecule has 7 heteroatoms. The molecule has 0 bridgehead atoms. The fraction of sp³-hybridized carbons (Fsp3) is 0.0667. The van der Waals surface area contributed by atoms with Crippen molar-refractivity contribution in [2.24, 2.45) is 5.10 Å². The summed E-state index contributed by atoms with van der Waals surface area (Å²) in [7, 11) is 0. The first-order valence-corrected chi connectivity index (χ1v) is 7.49. The summed E-state index contributed by atoms with van der Waals surface area (Å²) in [5.41, 5.74) is 3.57. The summed E-state index contributed by atoms with van der Waals surface area (Å²) < 4.78 is 11.2. The van der Waals surface area contributed by atoms with Crippen LogP contribution < -0.4 is 14.9 Å². The van der Waals surface area contributed by atoms with Crippen molar-refractivity contribution in [3.63, 3.8) is 0 Å². The Morgan fingerprint density at radius 2 is 2.00 bits per heavy atom. The minimum absolute atomic E-state index is 0.172. The van der Waals surface area contributed by atoms with E-state index in [4.69, 9.17) is 21.1 Å². The number of ether oxygens (including phenoxy) is 2. The van der Waals surface area contributed by atoms with Gasteiger partial charge >= 0.3 is 0 Å². The molecule has 2 aromatic carbocycles. The zero-order valence-corrected chi connectivity index (χ0v) is 13.5. The Labute approximate surface area is 140 Å². The average molecular weight is 382 g/mol. The van der Waals surface area contributed by atoms with Crippen molar-refractivity contribution in [2.75, 3.05) is 6.79 Å². The predicted molar refractivity (Wildman–Crippen MR) is 86.8 cm³/mol. The SMILES string of the molecule is O=C(N/N=C/c1cc2c(cc1Cl)OCO2)c1ccccc1Br. The number of hydrogen-bond donors (Lipinski definition) is 1. The van der Waals surface area contributed by atoms with Gasteiger partial charge in [-0.05, 0) is 34.1 Å². The van der Waals surface area contributed by atoms with Gasteiger partial charge in [0.05, 0.1) is 16.8 Å². The van der Waals surface area contributed by atoms with Crippen LogP contribution >= 0.6 is 27.5 Å². The summed E-state index contributed by atoms with van der Waals surface area (Å²) in [6.07, 6.45) is 1.46. The predicted octanol–water partition coefficient (Wildman–Crippen LogP) is 3.60. The number of fused-ring (bicyclic) bond motifs is 1. The maximum absolute atomic E-state index is 12.0. The van der Waals surface area contributed by atoms with Crippen LogP contribution in [0.15, 0.2) is 46.0 Å². The number of rotatable bonds is 3. The highest BCUT2D eigenvalue weighted by Gasteiger charge is 2.15. The van der Waals surface area contributed by atoms with Gasteiger partial charge in [0.25, 0.3) is 5.91 Å². The van der Waals surface area contributed by atoms with Crippen LogP contribution in [0.1, 0.15) is 15.9 Å². The maximum atomic E-state index is 12.0. The van der Waals surface area contributed by atoms with Gasteiger partial charge in [0, 0.05) is 16.1 Å². The number of nitrogens with zero attached hydrogens (tertiary/aromatic N) is 1. The number of hydrazone groups is 1. The Kier molecular flexibility index (Phi) is 4.31. The van der Waals surface area contributed by atoms with Gasteiger partial charge in [-0.1, -0.05) is 23.7 Å². The van der Waals surface area contributed by atoms with E-state index in [0.717, 1.165) is 0 Å². The highest BCUT2D eigenvalue weighted by Crippen LogP contribution is 2.36. The van der Waals surface area contributed by atoms with Crippen LogP contribution in [0.25, 0.3) is 0 Å². The monoisotopic (exact) mass is 380 g/mol. The summed E-state index contributed by atoms with van der Waals surface area (Å²) in [4.78, 5) is 12.0. The molecule has 0 saturated carbocycles. The Morgan fingerprint density at radius 1 is 1.27 bits per heavy atom. The van der Waals surface area contributed by atoms with Crippen molar-refractivity contribution in [3.8, 4) is 11.5 Å². The molecular formula is C15H10BrClN2O3. The number of carbonyl (C=O) groups is 1. The van der Waals surface area contributed by atoms with Crippen LogP contribution in [-0.2, 0) is 0 Å². The number of carbonyl (C=O) groups excluding carboxylic acids is 1. The van der Waals surface area contributed by atoms with Gasteiger partial charge in [0.2, 0.25) is 6.79 Å². The summed E-state index contributed by atoms with van der Waals surface area (Å²) in [6, 6.07) is 10.4. The van der Waals surface area contributed by atoms with Crippen LogP contribution in [0.3, 0.4) is 0 Å². The third-order valence-electron chi connectivity index (χ3n) is 2.98.